The Balaban J connectivity index is 1.79. The number of pyridine rings is 1. The number of hydrogen-bond acceptors (Lipinski definition) is 2. The zero-order chi connectivity index (χ0) is 15.5. The second-order valence-corrected chi connectivity index (χ2v) is 5.57. The van der Waals surface area contributed by atoms with Crippen molar-refractivity contribution in [3.8, 4) is 0 Å². The van der Waals surface area contributed by atoms with Crippen LogP contribution in [0.5, 0.6) is 0 Å². The molecule has 110 valence electrons. The molecule has 0 bridgehead atoms. The lowest BCUT2D eigenvalue weighted by Crippen LogP contribution is -2.27. The fraction of sp³-hybridized carbons (Fsp3) is 0.111. The van der Waals surface area contributed by atoms with Gasteiger partial charge in [0.1, 0.15) is 5.69 Å². The lowest BCUT2D eigenvalue weighted by atomic mass is 10.1. The second kappa shape index (κ2) is 6.16. The van der Waals surface area contributed by atoms with Crippen LogP contribution in [-0.2, 0) is 0 Å². The maximum atomic E-state index is 12.3. The van der Waals surface area contributed by atoms with Crippen molar-refractivity contribution in [2.45, 2.75) is 13.0 Å². The van der Waals surface area contributed by atoms with Crippen molar-refractivity contribution in [3.63, 3.8) is 0 Å². The lowest BCUT2D eigenvalue weighted by Gasteiger charge is -2.14. The molecular weight excluding hydrogens is 296 g/mol. The van der Waals surface area contributed by atoms with Crippen LogP contribution < -0.4 is 5.32 Å². The predicted octanol–water partition coefficient (Wildman–Crippen LogP) is 4.38. The minimum Gasteiger partial charge on any atom is -0.344 e. The molecule has 1 heterocycles. The van der Waals surface area contributed by atoms with E-state index >= 15 is 0 Å². The average molecular weight is 311 g/mol. The number of nitrogens with one attached hydrogen (secondary N) is 1. The van der Waals surface area contributed by atoms with Gasteiger partial charge in [0.25, 0.3) is 5.91 Å². The van der Waals surface area contributed by atoms with E-state index in [0.29, 0.717) is 10.7 Å². The molecule has 3 aromatic rings. The topological polar surface area (TPSA) is 42.0 Å². The van der Waals surface area contributed by atoms with Gasteiger partial charge in [-0.2, -0.15) is 0 Å². The third kappa shape index (κ3) is 3.10. The largest absolute Gasteiger partial charge is 0.344 e. The zero-order valence-electron chi connectivity index (χ0n) is 12.1. The Hall–Kier alpha value is -2.39. The number of rotatable bonds is 3. The number of para-hydroxylation sites is 1. The summed E-state index contributed by atoms with van der Waals surface area (Å²) in [7, 11) is 0. The van der Waals surface area contributed by atoms with E-state index in [0.717, 1.165) is 16.5 Å². The molecule has 1 atom stereocenters. The highest BCUT2D eigenvalue weighted by Gasteiger charge is 2.13. The van der Waals surface area contributed by atoms with Gasteiger partial charge in [0.05, 0.1) is 11.6 Å². The van der Waals surface area contributed by atoms with Gasteiger partial charge in [0, 0.05) is 10.4 Å². The fourth-order valence-electron chi connectivity index (χ4n) is 2.30. The molecule has 22 heavy (non-hydrogen) atoms. The molecule has 0 aliphatic heterocycles. The molecule has 0 radical (unpaired) electrons. The first-order chi connectivity index (χ1) is 10.6. The van der Waals surface area contributed by atoms with Gasteiger partial charge >= 0.3 is 0 Å². The third-order valence-electron chi connectivity index (χ3n) is 3.55. The number of halogens is 1. The lowest BCUT2D eigenvalue weighted by molar-refractivity contribution is 0.0935. The van der Waals surface area contributed by atoms with Crippen molar-refractivity contribution in [1.82, 2.24) is 10.3 Å². The molecule has 3 nitrogen and oxygen atoms in total. The van der Waals surface area contributed by atoms with Crippen molar-refractivity contribution in [2.75, 3.05) is 0 Å². The van der Waals surface area contributed by atoms with Gasteiger partial charge in [-0.3, -0.25) is 4.79 Å². The Morgan fingerprint density at radius 2 is 1.77 bits per heavy atom. The van der Waals surface area contributed by atoms with E-state index in [1.807, 2.05) is 61.5 Å². The number of benzene rings is 2. The Kier molecular flexibility index (Phi) is 4.07. The summed E-state index contributed by atoms with van der Waals surface area (Å²) in [6, 6.07) is 18.7. The van der Waals surface area contributed by atoms with Crippen molar-refractivity contribution in [2.24, 2.45) is 0 Å². The molecule has 3 rings (SSSR count). The minimum atomic E-state index is -0.187. The summed E-state index contributed by atoms with van der Waals surface area (Å²) in [4.78, 5) is 16.7. The van der Waals surface area contributed by atoms with E-state index in [2.05, 4.69) is 10.3 Å². The summed E-state index contributed by atoms with van der Waals surface area (Å²) in [5.41, 5.74) is 2.23. The number of aromatic nitrogens is 1. The van der Waals surface area contributed by atoms with Crippen LogP contribution in [-0.4, -0.2) is 10.9 Å². The second-order valence-electron chi connectivity index (χ2n) is 5.14. The Morgan fingerprint density at radius 3 is 2.55 bits per heavy atom. The fourth-order valence-corrected chi connectivity index (χ4v) is 2.42. The zero-order valence-corrected chi connectivity index (χ0v) is 12.8. The van der Waals surface area contributed by atoms with Gasteiger partial charge in [-0.15, -0.1) is 0 Å². The SMILES string of the molecule is CC(NC(=O)c1ccc2ccccc2n1)c1ccc(Cl)cc1. The van der Waals surface area contributed by atoms with Gasteiger partial charge < -0.3 is 5.32 Å². The van der Waals surface area contributed by atoms with Crippen molar-refractivity contribution < 1.29 is 4.79 Å². The van der Waals surface area contributed by atoms with E-state index in [-0.39, 0.29) is 11.9 Å². The van der Waals surface area contributed by atoms with E-state index in [1.165, 1.54) is 0 Å². The van der Waals surface area contributed by atoms with E-state index in [1.54, 1.807) is 6.07 Å². The van der Waals surface area contributed by atoms with Crippen LogP contribution in [0.4, 0.5) is 0 Å². The van der Waals surface area contributed by atoms with E-state index in [9.17, 15) is 4.79 Å². The Labute approximate surface area is 133 Å². The highest BCUT2D eigenvalue weighted by Crippen LogP contribution is 2.17. The van der Waals surface area contributed by atoms with Crippen molar-refractivity contribution in [3.05, 3.63) is 76.9 Å². The van der Waals surface area contributed by atoms with Gasteiger partial charge in [-0.25, -0.2) is 4.98 Å². The minimum absolute atomic E-state index is 0.113. The first kappa shape index (κ1) is 14.5. The van der Waals surface area contributed by atoms with Crippen LogP contribution in [0.1, 0.15) is 29.0 Å². The normalized spacial score (nSPS) is 12.1. The van der Waals surface area contributed by atoms with Crippen molar-refractivity contribution in [1.29, 1.82) is 0 Å². The molecule has 1 unspecified atom stereocenters. The predicted molar refractivity (Wildman–Crippen MR) is 89.1 cm³/mol. The third-order valence-corrected chi connectivity index (χ3v) is 3.80. The maximum Gasteiger partial charge on any atom is 0.270 e. The van der Waals surface area contributed by atoms with Crippen LogP contribution in [0.2, 0.25) is 5.02 Å². The monoisotopic (exact) mass is 310 g/mol. The van der Waals surface area contributed by atoms with Gasteiger partial charge in [-0.05, 0) is 36.8 Å². The summed E-state index contributed by atoms with van der Waals surface area (Å²) in [5, 5.41) is 4.65. The first-order valence-electron chi connectivity index (χ1n) is 7.05. The number of amides is 1. The van der Waals surface area contributed by atoms with Gasteiger partial charge in [0.2, 0.25) is 0 Å². The summed E-state index contributed by atoms with van der Waals surface area (Å²) < 4.78 is 0. The first-order valence-corrected chi connectivity index (χ1v) is 7.43. The van der Waals surface area contributed by atoms with E-state index < -0.39 is 0 Å². The smallest absolute Gasteiger partial charge is 0.270 e. The molecule has 1 aromatic heterocycles. The average Bonchev–Trinajstić information content (AvgIpc) is 2.55. The molecule has 2 aromatic carbocycles. The van der Waals surface area contributed by atoms with Gasteiger partial charge in [-0.1, -0.05) is 48.0 Å². The molecule has 0 saturated carbocycles. The molecule has 0 fully saturated rings. The number of fused-ring (bicyclic) bond motifs is 1. The summed E-state index contributed by atoms with van der Waals surface area (Å²) in [5.74, 6) is -0.187. The Morgan fingerprint density at radius 1 is 1.05 bits per heavy atom. The van der Waals surface area contributed by atoms with Crippen LogP contribution in [0.3, 0.4) is 0 Å². The Bertz CT molecular complexity index is 815. The molecular formula is C18H15ClN2O. The van der Waals surface area contributed by atoms with Gasteiger partial charge in [0.15, 0.2) is 0 Å². The molecule has 0 aliphatic carbocycles. The summed E-state index contributed by atoms with van der Waals surface area (Å²) in [6.07, 6.45) is 0. The van der Waals surface area contributed by atoms with E-state index in [4.69, 9.17) is 11.6 Å². The van der Waals surface area contributed by atoms with Crippen LogP contribution in [0, 0.1) is 0 Å². The van der Waals surface area contributed by atoms with Crippen LogP contribution >= 0.6 is 11.6 Å². The highest BCUT2D eigenvalue weighted by atomic mass is 35.5. The molecule has 4 heteroatoms. The standard InChI is InChI=1S/C18H15ClN2O/c1-12(13-6-9-15(19)10-7-13)20-18(22)17-11-8-14-4-2-3-5-16(14)21-17/h2-12H,1H3,(H,20,22). The summed E-state index contributed by atoms with van der Waals surface area (Å²) >= 11 is 5.88. The maximum absolute atomic E-state index is 12.3. The quantitative estimate of drug-likeness (QED) is 0.780. The number of carbonyl (C=O) groups excluding carboxylic acids is 1. The van der Waals surface area contributed by atoms with Crippen LogP contribution in [0.15, 0.2) is 60.7 Å². The number of nitrogens with zero attached hydrogens (tertiary/aromatic N) is 1. The molecule has 0 saturated heterocycles. The number of hydrogen-bond donors (Lipinski definition) is 1. The summed E-state index contributed by atoms with van der Waals surface area (Å²) in [6.45, 7) is 1.93. The molecule has 0 aliphatic rings. The number of carbonyl (C=O) groups is 1. The molecule has 1 N–H and O–H groups in total. The van der Waals surface area contributed by atoms with Crippen LogP contribution in [0.25, 0.3) is 10.9 Å². The molecule has 1 amide bonds. The highest BCUT2D eigenvalue weighted by molar-refractivity contribution is 6.30. The van der Waals surface area contributed by atoms with Crippen molar-refractivity contribution >= 4 is 28.4 Å². The molecule has 0 spiro atoms.